The van der Waals surface area contributed by atoms with Crippen LogP contribution in [-0.4, -0.2) is 23.6 Å². The minimum atomic E-state index is -0.327. The molecule has 0 fully saturated rings. The molecule has 0 aliphatic carbocycles. The third-order valence-electron chi connectivity index (χ3n) is 3.76. The van der Waals surface area contributed by atoms with Crippen molar-refractivity contribution in [3.8, 4) is 5.75 Å². The smallest absolute Gasteiger partial charge is 0.196 e. The molecule has 2 aromatic rings. The standard InChI is InChI=1S/C20H24O3/c1-3-16-11-12-19(23-13-7-8-15(2)21)18(14-16)20(22)17-9-5-4-6-10-17/h4-6,9-12,14-15,21H,3,7-8,13H2,1-2H3. The maximum Gasteiger partial charge on any atom is 0.196 e. The fourth-order valence-electron chi connectivity index (χ4n) is 2.41. The number of carbonyl (C=O) groups is 1. The van der Waals surface area contributed by atoms with E-state index in [9.17, 15) is 9.90 Å². The third kappa shape index (κ3) is 4.93. The van der Waals surface area contributed by atoms with Crippen LogP contribution in [0.15, 0.2) is 48.5 Å². The zero-order valence-corrected chi connectivity index (χ0v) is 13.8. The first-order valence-corrected chi connectivity index (χ1v) is 8.15. The monoisotopic (exact) mass is 312 g/mol. The van der Waals surface area contributed by atoms with Crippen LogP contribution in [0.5, 0.6) is 5.75 Å². The van der Waals surface area contributed by atoms with Gasteiger partial charge in [0.25, 0.3) is 0 Å². The highest BCUT2D eigenvalue weighted by molar-refractivity contribution is 6.10. The van der Waals surface area contributed by atoms with Gasteiger partial charge in [0.2, 0.25) is 0 Å². The van der Waals surface area contributed by atoms with Crippen LogP contribution in [-0.2, 0) is 6.42 Å². The van der Waals surface area contributed by atoms with Crippen molar-refractivity contribution >= 4 is 5.78 Å². The molecule has 1 atom stereocenters. The first-order chi connectivity index (χ1) is 11.1. The fourth-order valence-corrected chi connectivity index (χ4v) is 2.41. The maximum atomic E-state index is 12.8. The second kappa shape index (κ2) is 8.49. The van der Waals surface area contributed by atoms with Gasteiger partial charge in [-0.15, -0.1) is 0 Å². The van der Waals surface area contributed by atoms with Crippen molar-refractivity contribution in [1.29, 1.82) is 0 Å². The molecular formula is C20H24O3. The molecule has 1 N–H and O–H groups in total. The highest BCUT2D eigenvalue weighted by Gasteiger charge is 2.15. The van der Waals surface area contributed by atoms with Gasteiger partial charge in [-0.1, -0.05) is 43.3 Å². The van der Waals surface area contributed by atoms with E-state index in [-0.39, 0.29) is 11.9 Å². The molecule has 0 spiro atoms. The van der Waals surface area contributed by atoms with E-state index in [0.717, 1.165) is 18.4 Å². The number of aryl methyl sites for hydroxylation is 1. The van der Waals surface area contributed by atoms with Crippen molar-refractivity contribution in [2.45, 2.75) is 39.2 Å². The molecule has 2 rings (SSSR count). The summed E-state index contributed by atoms with van der Waals surface area (Å²) in [5.74, 6) is 0.591. The number of hydrogen-bond donors (Lipinski definition) is 1. The highest BCUT2D eigenvalue weighted by atomic mass is 16.5. The molecule has 2 aromatic carbocycles. The van der Waals surface area contributed by atoms with Crippen LogP contribution in [0.25, 0.3) is 0 Å². The second-order valence-electron chi connectivity index (χ2n) is 5.72. The van der Waals surface area contributed by atoms with Crippen LogP contribution in [0.1, 0.15) is 48.2 Å². The number of aliphatic hydroxyl groups is 1. The predicted molar refractivity (Wildman–Crippen MR) is 92.1 cm³/mol. The Morgan fingerprint density at radius 1 is 1.17 bits per heavy atom. The van der Waals surface area contributed by atoms with E-state index < -0.39 is 0 Å². The maximum absolute atomic E-state index is 12.8. The average Bonchev–Trinajstić information content (AvgIpc) is 2.58. The molecule has 1 unspecified atom stereocenters. The zero-order valence-electron chi connectivity index (χ0n) is 13.8. The number of benzene rings is 2. The largest absolute Gasteiger partial charge is 0.493 e. The van der Waals surface area contributed by atoms with Gasteiger partial charge in [-0.3, -0.25) is 4.79 Å². The molecule has 0 saturated carbocycles. The van der Waals surface area contributed by atoms with Crippen LogP contribution in [0.3, 0.4) is 0 Å². The summed E-state index contributed by atoms with van der Waals surface area (Å²) < 4.78 is 5.80. The summed E-state index contributed by atoms with van der Waals surface area (Å²) in [5, 5.41) is 9.30. The second-order valence-corrected chi connectivity index (χ2v) is 5.72. The van der Waals surface area contributed by atoms with Crippen LogP contribution in [0, 0.1) is 0 Å². The van der Waals surface area contributed by atoms with Crippen LogP contribution < -0.4 is 4.74 Å². The lowest BCUT2D eigenvalue weighted by molar-refractivity contribution is 0.103. The highest BCUT2D eigenvalue weighted by Crippen LogP contribution is 2.24. The summed E-state index contributed by atoms with van der Waals surface area (Å²) in [6.07, 6.45) is 1.99. The zero-order chi connectivity index (χ0) is 16.7. The minimum Gasteiger partial charge on any atom is -0.493 e. The van der Waals surface area contributed by atoms with E-state index in [2.05, 4.69) is 6.92 Å². The summed E-state index contributed by atoms with van der Waals surface area (Å²) in [4.78, 5) is 12.8. The van der Waals surface area contributed by atoms with Crippen molar-refractivity contribution in [3.63, 3.8) is 0 Å². The van der Waals surface area contributed by atoms with Gasteiger partial charge in [0, 0.05) is 5.56 Å². The van der Waals surface area contributed by atoms with Crippen LogP contribution in [0.2, 0.25) is 0 Å². The molecule has 0 aromatic heterocycles. The third-order valence-corrected chi connectivity index (χ3v) is 3.76. The number of rotatable bonds is 8. The van der Waals surface area contributed by atoms with Crippen molar-refractivity contribution in [3.05, 3.63) is 65.2 Å². The SMILES string of the molecule is CCc1ccc(OCCCC(C)O)c(C(=O)c2ccccc2)c1. The Labute approximate surface area is 137 Å². The Bertz CT molecular complexity index is 633. The molecule has 0 saturated heterocycles. The van der Waals surface area contributed by atoms with E-state index in [1.54, 1.807) is 6.92 Å². The fraction of sp³-hybridized carbons (Fsp3) is 0.350. The lowest BCUT2D eigenvalue weighted by Gasteiger charge is -2.13. The van der Waals surface area contributed by atoms with Gasteiger partial charge in [-0.05, 0) is 43.9 Å². The van der Waals surface area contributed by atoms with Crippen LogP contribution in [0.4, 0.5) is 0 Å². The summed E-state index contributed by atoms with van der Waals surface area (Å²) in [7, 11) is 0. The van der Waals surface area contributed by atoms with Gasteiger partial charge in [-0.25, -0.2) is 0 Å². The quantitative estimate of drug-likeness (QED) is 0.591. The predicted octanol–water partition coefficient (Wildman–Crippen LogP) is 4.02. The van der Waals surface area contributed by atoms with Crippen LogP contribution >= 0.6 is 0 Å². The number of ketones is 1. The van der Waals surface area contributed by atoms with Gasteiger partial charge in [0.05, 0.1) is 18.3 Å². The molecule has 0 amide bonds. The summed E-state index contributed by atoms with van der Waals surface area (Å²) in [5.41, 5.74) is 2.38. The Morgan fingerprint density at radius 2 is 1.91 bits per heavy atom. The Balaban J connectivity index is 2.20. The summed E-state index contributed by atoms with van der Waals surface area (Å²) in [6.45, 7) is 4.32. The molecular weight excluding hydrogens is 288 g/mol. The molecule has 3 heteroatoms. The molecule has 0 radical (unpaired) electrons. The number of aliphatic hydroxyl groups excluding tert-OH is 1. The molecule has 0 aliphatic rings. The Hall–Kier alpha value is -2.13. The van der Waals surface area contributed by atoms with Crippen molar-refractivity contribution in [2.24, 2.45) is 0 Å². The lowest BCUT2D eigenvalue weighted by Crippen LogP contribution is -2.09. The van der Waals surface area contributed by atoms with Crippen molar-refractivity contribution < 1.29 is 14.6 Å². The average molecular weight is 312 g/mol. The molecule has 0 heterocycles. The van der Waals surface area contributed by atoms with E-state index in [0.29, 0.717) is 29.9 Å². The topological polar surface area (TPSA) is 46.5 Å². The van der Waals surface area contributed by atoms with Crippen molar-refractivity contribution in [2.75, 3.05) is 6.61 Å². The van der Waals surface area contributed by atoms with E-state index >= 15 is 0 Å². The number of carbonyl (C=O) groups excluding carboxylic acids is 1. The number of hydrogen-bond acceptors (Lipinski definition) is 3. The van der Waals surface area contributed by atoms with E-state index in [1.807, 2.05) is 48.5 Å². The van der Waals surface area contributed by atoms with E-state index in [1.165, 1.54) is 0 Å². The Kier molecular flexibility index (Phi) is 6.36. The van der Waals surface area contributed by atoms with Gasteiger partial charge >= 0.3 is 0 Å². The first-order valence-electron chi connectivity index (χ1n) is 8.15. The molecule has 0 aliphatic heterocycles. The van der Waals surface area contributed by atoms with Gasteiger partial charge in [0.15, 0.2) is 5.78 Å². The molecule has 122 valence electrons. The normalized spacial score (nSPS) is 12.0. The van der Waals surface area contributed by atoms with Gasteiger partial charge in [0.1, 0.15) is 5.75 Å². The summed E-state index contributed by atoms with van der Waals surface area (Å²) in [6, 6.07) is 15.0. The first kappa shape index (κ1) is 17.2. The summed E-state index contributed by atoms with van der Waals surface area (Å²) >= 11 is 0. The molecule has 3 nitrogen and oxygen atoms in total. The van der Waals surface area contributed by atoms with Crippen molar-refractivity contribution in [1.82, 2.24) is 0 Å². The number of ether oxygens (including phenoxy) is 1. The van der Waals surface area contributed by atoms with Gasteiger partial charge in [-0.2, -0.15) is 0 Å². The molecule has 0 bridgehead atoms. The molecule has 23 heavy (non-hydrogen) atoms. The van der Waals surface area contributed by atoms with E-state index in [4.69, 9.17) is 4.74 Å². The lowest BCUT2D eigenvalue weighted by atomic mass is 9.99. The Morgan fingerprint density at radius 3 is 2.57 bits per heavy atom. The minimum absolute atomic E-state index is 0.0218. The van der Waals surface area contributed by atoms with Gasteiger partial charge < -0.3 is 9.84 Å².